The first kappa shape index (κ1) is 19.8. The number of amides is 1. The van der Waals surface area contributed by atoms with E-state index in [2.05, 4.69) is 5.32 Å². The third-order valence-corrected chi connectivity index (χ3v) is 4.13. The Kier molecular flexibility index (Phi) is 7.44. The second-order valence-corrected chi connectivity index (χ2v) is 6.10. The van der Waals surface area contributed by atoms with Crippen molar-refractivity contribution in [2.45, 2.75) is 39.3 Å². The Labute approximate surface area is 153 Å². The number of benzene rings is 1. The molecule has 142 valence electrons. The molecule has 0 unspecified atom stereocenters. The van der Waals surface area contributed by atoms with Crippen LogP contribution in [0.15, 0.2) is 30.3 Å². The average Bonchev–Trinajstić information content (AvgIpc) is 3.40. The number of nitrogens with one attached hydrogen (secondary N) is 1. The quantitative estimate of drug-likeness (QED) is 0.535. The third-order valence-electron chi connectivity index (χ3n) is 4.13. The van der Waals surface area contributed by atoms with E-state index in [0.717, 1.165) is 5.56 Å². The lowest BCUT2D eigenvalue weighted by Gasteiger charge is -2.17. The number of carbonyl (C=O) groups excluding carboxylic acids is 3. The van der Waals surface area contributed by atoms with Crippen LogP contribution in [0.3, 0.4) is 0 Å². The molecule has 1 aliphatic rings. The van der Waals surface area contributed by atoms with Crippen molar-refractivity contribution in [3.63, 3.8) is 0 Å². The van der Waals surface area contributed by atoms with E-state index in [4.69, 9.17) is 14.2 Å². The fourth-order valence-electron chi connectivity index (χ4n) is 2.71. The highest BCUT2D eigenvalue weighted by Crippen LogP contribution is 2.43. The minimum Gasteiger partial charge on any atom is -0.466 e. The molecule has 1 amide bonds. The summed E-state index contributed by atoms with van der Waals surface area (Å²) in [6, 6.07) is 8.40. The smallest absolute Gasteiger partial charge is 0.408 e. The lowest BCUT2D eigenvalue weighted by molar-refractivity contribution is -0.147. The Bertz CT molecular complexity index is 618. The van der Waals surface area contributed by atoms with Gasteiger partial charge in [0.15, 0.2) is 0 Å². The highest BCUT2D eigenvalue weighted by Gasteiger charge is 2.46. The summed E-state index contributed by atoms with van der Waals surface area (Å²) in [6.07, 6.45) is 0.276. The maximum Gasteiger partial charge on any atom is 0.408 e. The molecule has 0 aromatic heterocycles. The van der Waals surface area contributed by atoms with Gasteiger partial charge in [-0.25, -0.2) is 9.59 Å². The van der Waals surface area contributed by atoms with Crippen LogP contribution in [0.25, 0.3) is 0 Å². The maximum absolute atomic E-state index is 12.1. The second kappa shape index (κ2) is 9.79. The van der Waals surface area contributed by atoms with Gasteiger partial charge in [-0.05, 0) is 38.2 Å². The molecule has 0 heterocycles. The molecule has 0 aliphatic heterocycles. The van der Waals surface area contributed by atoms with Crippen molar-refractivity contribution in [2.75, 3.05) is 13.2 Å². The summed E-state index contributed by atoms with van der Waals surface area (Å²) in [5.74, 6) is -1.00. The molecule has 3 atom stereocenters. The van der Waals surface area contributed by atoms with E-state index in [0.29, 0.717) is 19.4 Å². The van der Waals surface area contributed by atoms with Crippen molar-refractivity contribution in [3.05, 3.63) is 35.9 Å². The van der Waals surface area contributed by atoms with Crippen molar-refractivity contribution in [3.8, 4) is 0 Å². The average molecular weight is 363 g/mol. The normalized spacial score (nSPS) is 19.2. The van der Waals surface area contributed by atoms with Gasteiger partial charge in [-0.3, -0.25) is 4.79 Å². The van der Waals surface area contributed by atoms with Crippen LogP contribution < -0.4 is 5.32 Å². The lowest BCUT2D eigenvalue weighted by Crippen LogP contribution is -2.42. The fraction of sp³-hybridized carbons (Fsp3) is 0.526. The maximum atomic E-state index is 12.1. The molecule has 1 saturated carbocycles. The Morgan fingerprint density at radius 2 is 1.77 bits per heavy atom. The van der Waals surface area contributed by atoms with E-state index in [1.165, 1.54) is 0 Å². The summed E-state index contributed by atoms with van der Waals surface area (Å²) in [4.78, 5) is 35.9. The third kappa shape index (κ3) is 6.06. The van der Waals surface area contributed by atoms with Crippen LogP contribution in [0.5, 0.6) is 0 Å². The summed E-state index contributed by atoms with van der Waals surface area (Å²) in [5, 5.41) is 2.55. The van der Waals surface area contributed by atoms with Gasteiger partial charge in [-0.1, -0.05) is 30.3 Å². The first-order chi connectivity index (χ1) is 12.5. The summed E-state index contributed by atoms with van der Waals surface area (Å²) in [5.41, 5.74) is 0.847. The predicted octanol–water partition coefficient (Wildman–Crippen LogP) is 2.43. The highest BCUT2D eigenvalue weighted by atomic mass is 16.6. The van der Waals surface area contributed by atoms with Crippen LogP contribution in [-0.4, -0.2) is 37.3 Å². The van der Waals surface area contributed by atoms with E-state index in [1.54, 1.807) is 13.8 Å². The number of hydrogen-bond donors (Lipinski definition) is 1. The largest absolute Gasteiger partial charge is 0.466 e. The minimum atomic E-state index is -0.845. The predicted molar refractivity (Wildman–Crippen MR) is 93.0 cm³/mol. The monoisotopic (exact) mass is 363 g/mol. The molecule has 1 fully saturated rings. The molecular weight excluding hydrogens is 338 g/mol. The summed E-state index contributed by atoms with van der Waals surface area (Å²) >= 11 is 0. The van der Waals surface area contributed by atoms with Gasteiger partial charge in [0.05, 0.1) is 19.1 Å². The van der Waals surface area contributed by atoms with E-state index in [9.17, 15) is 14.4 Å². The molecule has 0 spiro atoms. The van der Waals surface area contributed by atoms with Crippen molar-refractivity contribution < 1.29 is 28.6 Å². The molecule has 1 N–H and O–H groups in total. The Balaban J connectivity index is 1.85. The molecule has 0 radical (unpaired) electrons. The Hall–Kier alpha value is -2.57. The van der Waals surface area contributed by atoms with Gasteiger partial charge in [0.25, 0.3) is 0 Å². The molecule has 1 aromatic carbocycles. The van der Waals surface area contributed by atoms with E-state index >= 15 is 0 Å². The van der Waals surface area contributed by atoms with Crippen LogP contribution >= 0.6 is 0 Å². The number of rotatable bonds is 9. The second-order valence-electron chi connectivity index (χ2n) is 6.10. The molecule has 7 heteroatoms. The molecule has 7 nitrogen and oxygen atoms in total. The van der Waals surface area contributed by atoms with Gasteiger partial charge < -0.3 is 19.5 Å². The molecule has 2 rings (SSSR count). The van der Waals surface area contributed by atoms with Gasteiger partial charge in [-0.2, -0.15) is 0 Å². The van der Waals surface area contributed by atoms with E-state index < -0.39 is 18.1 Å². The number of ether oxygens (including phenoxy) is 3. The number of alkyl carbamates (subject to hydrolysis) is 1. The summed E-state index contributed by atoms with van der Waals surface area (Å²) in [7, 11) is 0. The van der Waals surface area contributed by atoms with Gasteiger partial charge in [0, 0.05) is 0 Å². The highest BCUT2D eigenvalue weighted by molar-refractivity contribution is 5.82. The van der Waals surface area contributed by atoms with Gasteiger partial charge >= 0.3 is 18.0 Å². The summed E-state index contributed by atoms with van der Waals surface area (Å²) in [6.45, 7) is 4.09. The Morgan fingerprint density at radius 3 is 2.42 bits per heavy atom. The van der Waals surface area contributed by atoms with Crippen molar-refractivity contribution in [1.29, 1.82) is 0 Å². The first-order valence-corrected chi connectivity index (χ1v) is 8.85. The van der Waals surface area contributed by atoms with Crippen molar-refractivity contribution in [1.82, 2.24) is 5.32 Å². The molecular formula is C19H25NO6. The van der Waals surface area contributed by atoms with Gasteiger partial charge in [0.2, 0.25) is 0 Å². The van der Waals surface area contributed by atoms with Crippen LogP contribution in [0.4, 0.5) is 4.79 Å². The Morgan fingerprint density at radius 1 is 1.08 bits per heavy atom. The molecule has 26 heavy (non-hydrogen) atoms. The van der Waals surface area contributed by atoms with Crippen LogP contribution in [0.1, 0.15) is 32.3 Å². The standard InChI is InChI=1S/C19H25NO6/c1-3-24-17(21)15-10-14(15)11-16(18(22)25-4-2)20-19(23)26-12-13-8-6-5-7-9-13/h5-9,14-16H,3-4,10-12H2,1-2H3,(H,20,23)/t14-,15+,16+/m1/s1. The zero-order valence-corrected chi connectivity index (χ0v) is 15.1. The van der Waals surface area contributed by atoms with Gasteiger partial charge in [-0.15, -0.1) is 0 Å². The van der Waals surface area contributed by atoms with Crippen LogP contribution in [0, 0.1) is 11.8 Å². The molecule has 0 saturated heterocycles. The van der Waals surface area contributed by atoms with E-state index in [-0.39, 0.29) is 31.0 Å². The minimum absolute atomic E-state index is 0.00196. The number of carbonyl (C=O) groups is 3. The zero-order valence-electron chi connectivity index (χ0n) is 15.1. The van der Waals surface area contributed by atoms with E-state index in [1.807, 2.05) is 30.3 Å². The van der Waals surface area contributed by atoms with Crippen LogP contribution in [-0.2, 0) is 30.4 Å². The van der Waals surface area contributed by atoms with Crippen LogP contribution in [0.2, 0.25) is 0 Å². The molecule has 1 aromatic rings. The number of esters is 2. The fourth-order valence-corrected chi connectivity index (χ4v) is 2.71. The van der Waals surface area contributed by atoms with Crippen molar-refractivity contribution >= 4 is 18.0 Å². The van der Waals surface area contributed by atoms with Gasteiger partial charge in [0.1, 0.15) is 12.6 Å². The molecule has 1 aliphatic carbocycles. The number of hydrogen-bond acceptors (Lipinski definition) is 6. The van der Waals surface area contributed by atoms with Crippen molar-refractivity contribution in [2.24, 2.45) is 11.8 Å². The molecule has 0 bridgehead atoms. The summed E-state index contributed by atoms with van der Waals surface area (Å²) < 4.78 is 15.2. The topological polar surface area (TPSA) is 90.9 Å². The SMILES string of the molecule is CCOC(=O)[C@H](C[C@H]1C[C@@H]1C(=O)OCC)NC(=O)OCc1ccccc1. The first-order valence-electron chi connectivity index (χ1n) is 8.85. The lowest BCUT2D eigenvalue weighted by atomic mass is 10.1. The zero-order chi connectivity index (χ0) is 18.9.